The number of phenolic OH excluding ortho intramolecular Hbond substituents is 1. The highest BCUT2D eigenvalue weighted by Gasteiger charge is 2.14. The lowest BCUT2D eigenvalue weighted by molar-refractivity contribution is -0.119. The molecule has 0 unspecified atom stereocenters. The monoisotopic (exact) mass is 299 g/mol. The van der Waals surface area contributed by atoms with Gasteiger partial charge in [0.15, 0.2) is 6.61 Å². The highest BCUT2D eigenvalue weighted by molar-refractivity contribution is 5.97. The fraction of sp³-hybridized carbons (Fsp3) is 0.176. The lowest BCUT2D eigenvalue weighted by Crippen LogP contribution is -2.21. The Kier molecular flexibility index (Phi) is 4.78. The summed E-state index contributed by atoms with van der Waals surface area (Å²) in [6.07, 6.45) is 0. The van der Waals surface area contributed by atoms with Crippen molar-refractivity contribution in [2.24, 2.45) is 0 Å². The lowest BCUT2D eigenvalue weighted by atomic mass is 10.1. The zero-order chi connectivity index (χ0) is 16.1. The Labute approximate surface area is 128 Å². The number of hydrogen-bond donors (Lipinski definition) is 2. The number of hydrogen-bond acceptors (Lipinski definition) is 4. The average molecular weight is 299 g/mol. The molecule has 0 aliphatic heterocycles. The number of amides is 1. The summed E-state index contributed by atoms with van der Waals surface area (Å²) >= 11 is 0. The smallest absolute Gasteiger partial charge is 0.342 e. The van der Waals surface area contributed by atoms with Crippen LogP contribution in [0.1, 0.15) is 21.5 Å². The van der Waals surface area contributed by atoms with Gasteiger partial charge in [-0.1, -0.05) is 29.8 Å². The van der Waals surface area contributed by atoms with Crippen LogP contribution in [0.5, 0.6) is 5.75 Å². The molecule has 0 saturated carbocycles. The second kappa shape index (κ2) is 6.76. The first kappa shape index (κ1) is 15.6. The van der Waals surface area contributed by atoms with Crippen molar-refractivity contribution < 1.29 is 19.4 Å². The van der Waals surface area contributed by atoms with E-state index in [0.717, 1.165) is 11.1 Å². The first-order valence-electron chi connectivity index (χ1n) is 6.79. The van der Waals surface area contributed by atoms with Crippen molar-refractivity contribution in [1.29, 1.82) is 0 Å². The molecule has 1 amide bonds. The number of carbonyl (C=O) groups excluding carboxylic acids is 2. The van der Waals surface area contributed by atoms with Crippen LogP contribution in [0.3, 0.4) is 0 Å². The van der Waals surface area contributed by atoms with E-state index in [-0.39, 0.29) is 11.3 Å². The number of esters is 1. The van der Waals surface area contributed by atoms with Gasteiger partial charge in [0.2, 0.25) is 0 Å². The van der Waals surface area contributed by atoms with Gasteiger partial charge in [0.25, 0.3) is 5.91 Å². The SMILES string of the molecule is Cc1ccc(NC(=O)COC(=O)c2ccccc2O)c(C)c1. The van der Waals surface area contributed by atoms with E-state index in [2.05, 4.69) is 5.32 Å². The molecule has 0 radical (unpaired) electrons. The molecule has 0 fully saturated rings. The molecule has 0 aromatic heterocycles. The predicted molar refractivity (Wildman–Crippen MR) is 82.9 cm³/mol. The van der Waals surface area contributed by atoms with Gasteiger partial charge >= 0.3 is 5.97 Å². The number of rotatable bonds is 4. The van der Waals surface area contributed by atoms with Crippen molar-refractivity contribution >= 4 is 17.6 Å². The minimum atomic E-state index is -0.742. The molecule has 0 aliphatic rings. The Bertz CT molecular complexity index is 710. The largest absolute Gasteiger partial charge is 0.507 e. The zero-order valence-electron chi connectivity index (χ0n) is 12.4. The summed E-state index contributed by atoms with van der Waals surface area (Å²) < 4.78 is 4.90. The number of anilines is 1. The average Bonchev–Trinajstić information content (AvgIpc) is 2.48. The molecule has 2 N–H and O–H groups in total. The summed E-state index contributed by atoms with van der Waals surface area (Å²) in [5.41, 5.74) is 2.73. The third-order valence-electron chi connectivity index (χ3n) is 3.11. The predicted octanol–water partition coefficient (Wildman–Crippen LogP) is 2.80. The lowest BCUT2D eigenvalue weighted by Gasteiger charge is -2.10. The molecule has 5 nitrogen and oxygen atoms in total. The molecular formula is C17H17NO4. The maximum absolute atomic E-state index is 11.8. The van der Waals surface area contributed by atoms with E-state index in [9.17, 15) is 14.7 Å². The highest BCUT2D eigenvalue weighted by Crippen LogP contribution is 2.17. The van der Waals surface area contributed by atoms with Gasteiger partial charge in [-0.2, -0.15) is 0 Å². The molecule has 0 aliphatic carbocycles. The zero-order valence-corrected chi connectivity index (χ0v) is 12.4. The van der Waals surface area contributed by atoms with Crippen molar-refractivity contribution in [3.8, 4) is 5.75 Å². The normalized spacial score (nSPS) is 10.1. The molecule has 22 heavy (non-hydrogen) atoms. The van der Waals surface area contributed by atoms with E-state index in [1.165, 1.54) is 12.1 Å². The summed E-state index contributed by atoms with van der Waals surface area (Å²) in [6.45, 7) is 3.43. The topological polar surface area (TPSA) is 75.6 Å². The minimum Gasteiger partial charge on any atom is -0.507 e. The van der Waals surface area contributed by atoms with Crippen LogP contribution in [0.25, 0.3) is 0 Å². The fourth-order valence-electron chi connectivity index (χ4n) is 2.00. The van der Waals surface area contributed by atoms with Crippen LogP contribution in [0.2, 0.25) is 0 Å². The van der Waals surface area contributed by atoms with Crippen LogP contribution in [-0.4, -0.2) is 23.6 Å². The molecule has 0 saturated heterocycles. The van der Waals surface area contributed by atoms with E-state index in [0.29, 0.717) is 5.69 Å². The molecule has 2 aromatic rings. The molecule has 0 heterocycles. The third-order valence-corrected chi connectivity index (χ3v) is 3.11. The van der Waals surface area contributed by atoms with Crippen LogP contribution in [-0.2, 0) is 9.53 Å². The Morgan fingerprint density at radius 2 is 1.86 bits per heavy atom. The second-order valence-corrected chi connectivity index (χ2v) is 4.96. The van der Waals surface area contributed by atoms with E-state index < -0.39 is 18.5 Å². The molecule has 0 bridgehead atoms. The Morgan fingerprint density at radius 1 is 1.14 bits per heavy atom. The van der Waals surface area contributed by atoms with E-state index >= 15 is 0 Å². The van der Waals surface area contributed by atoms with Gasteiger partial charge in [-0.25, -0.2) is 4.79 Å². The van der Waals surface area contributed by atoms with Crippen molar-refractivity contribution in [1.82, 2.24) is 0 Å². The number of ether oxygens (including phenoxy) is 1. The molecule has 0 spiro atoms. The quantitative estimate of drug-likeness (QED) is 0.851. The summed E-state index contributed by atoms with van der Waals surface area (Å²) in [6, 6.07) is 11.6. The Balaban J connectivity index is 1.93. The standard InChI is InChI=1S/C17H17NO4/c1-11-7-8-14(12(2)9-11)18-16(20)10-22-17(21)13-5-3-4-6-15(13)19/h3-9,19H,10H2,1-2H3,(H,18,20). The molecule has 2 aromatic carbocycles. The van der Waals surface area contributed by atoms with Gasteiger partial charge in [-0.3, -0.25) is 4.79 Å². The van der Waals surface area contributed by atoms with Crippen molar-refractivity contribution in [2.75, 3.05) is 11.9 Å². The van der Waals surface area contributed by atoms with E-state index in [4.69, 9.17) is 4.74 Å². The molecule has 0 atom stereocenters. The highest BCUT2D eigenvalue weighted by atomic mass is 16.5. The number of carbonyl (C=O) groups is 2. The first-order chi connectivity index (χ1) is 10.5. The number of phenols is 1. The van der Waals surface area contributed by atoms with Crippen LogP contribution in [0, 0.1) is 13.8 Å². The van der Waals surface area contributed by atoms with Crippen LogP contribution < -0.4 is 5.32 Å². The van der Waals surface area contributed by atoms with Gasteiger partial charge < -0.3 is 15.2 Å². The number of benzene rings is 2. The fourth-order valence-corrected chi connectivity index (χ4v) is 2.00. The number of aromatic hydroxyl groups is 1. The van der Waals surface area contributed by atoms with Crippen molar-refractivity contribution in [3.05, 3.63) is 59.2 Å². The molecule has 5 heteroatoms. The maximum atomic E-state index is 11.8. The number of para-hydroxylation sites is 1. The van der Waals surface area contributed by atoms with Crippen molar-refractivity contribution in [3.63, 3.8) is 0 Å². The van der Waals surface area contributed by atoms with Crippen LogP contribution >= 0.6 is 0 Å². The van der Waals surface area contributed by atoms with Gasteiger partial charge in [0, 0.05) is 5.69 Å². The van der Waals surface area contributed by atoms with Gasteiger partial charge in [0.05, 0.1) is 0 Å². The molecule has 2 rings (SSSR count). The van der Waals surface area contributed by atoms with Crippen LogP contribution in [0.4, 0.5) is 5.69 Å². The van der Waals surface area contributed by atoms with Gasteiger partial charge in [0.1, 0.15) is 11.3 Å². The summed E-state index contributed by atoms with van der Waals surface area (Å²) in [4.78, 5) is 23.6. The Hall–Kier alpha value is -2.82. The molecule has 114 valence electrons. The van der Waals surface area contributed by atoms with E-state index in [1.807, 2.05) is 26.0 Å². The first-order valence-corrected chi connectivity index (χ1v) is 6.79. The summed E-state index contributed by atoms with van der Waals surface area (Å²) in [5.74, 6) is -1.35. The van der Waals surface area contributed by atoms with Gasteiger partial charge in [-0.15, -0.1) is 0 Å². The maximum Gasteiger partial charge on any atom is 0.342 e. The third kappa shape index (κ3) is 3.85. The number of aryl methyl sites for hydroxylation is 2. The molecular weight excluding hydrogens is 282 g/mol. The number of nitrogens with one attached hydrogen (secondary N) is 1. The minimum absolute atomic E-state index is 0.0295. The summed E-state index contributed by atoms with van der Waals surface area (Å²) in [7, 11) is 0. The van der Waals surface area contributed by atoms with Crippen LogP contribution in [0.15, 0.2) is 42.5 Å². The van der Waals surface area contributed by atoms with E-state index in [1.54, 1.807) is 18.2 Å². The summed E-state index contributed by atoms with van der Waals surface area (Å²) in [5, 5.41) is 12.2. The van der Waals surface area contributed by atoms with Crippen molar-refractivity contribution in [2.45, 2.75) is 13.8 Å². The second-order valence-electron chi connectivity index (χ2n) is 4.96. The van der Waals surface area contributed by atoms with Gasteiger partial charge in [-0.05, 0) is 37.6 Å². The Morgan fingerprint density at radius 3 is 2.55 bits per heavy atom.